The number of nitrogens with one attached hydrogen (secondary N) is 2. The molecule has 7 nitrogen and oxygen atoms in total. The Kier molecular flexibility index (Phi) is 23.6. The van der Waals surface area contributed by atoms with Gasteiger partial charge in [0.05, 0.1) is 31.8 Å². The van der Waals surface area contributed by atoms with E-state index in [1.165, 1.54) is 20.8 Å². The number of imidazole rings is 1. The largest absolute Gasteiger partial charge is 0.440 e. The molecule has 8 heteroatoms. The topological polar surface area (TPSA) is 96.3 Å². The molecule has 0 saturated carbocycles. The molecular weight excluding hydrogens is 709 g/mol. The number of benzene rings is 4. The highest BCUT2D eigenvalue weighted by Gasteiger charge is 2.09. The van der Waals surface area contributed by atoms with Gasteiger partial charge in [-0.1, -0.05) is 165 Å². The molecule has 0 aliphatic rings. The number of oxazole rings is 1. The fourth-order valence-corrected chi connectivity index (χ4v) is 5.91. The number of aromatic amines is 2. The quantitative estimate of drug-likeness (QED) is 0.185. The first kappa shape index (κ1) is 49.2. The van der Waals surface area contributed by atoms with Crippen LogP contribution in [-0.4, -0.2) is 30.1 Å². The van der Waals surface area contributed by atoms with Gasteiger partial charge in [-0.2, -0.15) is 5.10 Å². The second-order valence-corrected chi connectivity index (χ2v) is 14.0. The lowest BCUT2D eigenvalue weighted by atomic mass is 10.1. The van der Waals surface area contributed by atoms with Crippen molar-refractivity contribution in [3.63, 3.8) is 0 Å². The molecule has 304 valence electrons. The van der Waals surface area contributed by atoms with Crippen LogP contribution in [0.1, 0.15) is 157 Å². The van der Waals surface area contributed by atoms with Gasteiger partial charge >= 0.3 is 0 Å². The highest BCUT2D eigenvalue weighted by molar-refractivity contribution is 7.18. The van der Waals surface area contributed by atoms with Gasteiger partial charge in [0.25, 0.3) is 0 Å². The minimum atomic E-state index is 0.359. The lowest BCUT2D eigenvalue weighted by molar-refractivity contribution is 0.501. The normalized spacial score (nSPS) is 10.1. The Labute approximate surface area is 341 Å². The van der Waals surface area contributed by atoms with Crippen molar-refractivity contribution in [2.24, 2.45) is 0 Å². The lowest BCUT2D eigenvalue weighted by Crippen LogP contribution is -1.88. The zero-order chi connectivity index (χ0) is 42.2. The Balaban J connectivity index is 0.000000352. The summed E-state index contributed by atoms with van der Waals surface area (Å²) < 4.78 is 6.81. The van der Waals surface area contributed by atoms with Gasteiger partial charge in [-0.05, 0) is 48.4 Å². The first-order valence-electron chi connectivity index (χ1n) is 20.7. The molecule has 0 fully saturated rings. The summed E-state index contributed by atoms with van der Waals surface area (Å²) in [7, 11) is 0. The average Bonchev–Trinajstić information content (AvgIpc) is 4.06. The summed E-state index contributed by atoms with van der Waals surface area (Å²) in [5.41, 5.74) is 7.42. The summed E-state index contributed by atoms with van der Waals surface area (Å²) in [6.45, 7) is 33.1. The monoisotopic (exact) mass is 779 g/mol. The van der Waals surface area contributed by atoms with Gasteiger partial charge in [0.2, 0.25) is 0 Å². The number of aromatic nitrogens is 6. The standard InChI is InChI=1S/2C10H12N2.C10H11NO.C10H11NS.4C2H6/c1-7(2)10-11-8-5-3-4-6-9(8)12-10;1-7(2)10-8-5-3-4-6-9(8)11-12-10;2*1-7(2)10-11-8-5-3-4-6-9(8)12-10;4*1-2/h2*3-7H,1-2H3,(H,11,12);2*3-7H,1-2H3;4*1-2H3. The van der Waals surface area contributed by atoms with Crippen molar-refractivity contribution >= 4 is 54.6 Å². The van der Waals surface area contributed by atoms with E-state index in [1.807, 2.05) is 128 Å². The maximum Gasteiger partial charge on any atom is 0.198 e. The van der Waals surface area contributed by atoms with E-state index >= 15 is 0 Å². The van der Waals surface area contributed by atoms with Crippen LogP contribution in [0.5, 0.6) is 0 Å². The minimum absolute atomic E-state index is 0.359. The third-order valence-electron chi connectivity index (χ3n) is 7.63. The number of nitrogens with zero attached hydrogens (tertiary/aromatic N) is 4. The first-order valence-corrected chi connectivity index (χ1v) is 21.5. The molecular formula is C48H70N6OS. The molecule has 8 aromatic rings. The molecule has 0 unspecified atom stereocenters. The fraction of sp³-hybridized carbons (Fsp3) is 0.417. The number of hydrogen-bond donors (Lipinski definition) is 2. The van der Waals surface area contributed by atoms with Crippen molar-refractivity contribution < 1.29 is 4.42 Å². The Morgan fingerprint density at radius 1 is 0.500 bits per heavy atom. The molecule has 0 atom stereocenters. The van der Waals surface area contributed by atoms with E-state index in [0.29, 0.717) is 23.7 Å². The third kappa shape index (κ3) is 14.7. The summed E-state index contributed by atoms with van der Waals surface area (Å²) in [5, 5.41) is 9.75. The van der Waals surface area contributed by atoms with E-state index in [0.717, 1.165) is 44.9 Å². The van der Waals surface area contributed by atoms with Crippen molar-refractivity contribution in [2.45, 2.75) is 134 Å². The van der Waals surface area contributed by atoms with Gasteiger partial charge < -0.3 is 9.40 Å². The molecule has 0 aliphatic heterocycles. The van der Waals surface area contributed by atoms with Gasteiger partial charge in [0.1, 0.15) is 11.3 Å². The van der Waals surface area contributed by atoms with Crippen LogP contribution in [0.15, 0.2) is 101 Å². The number of para-hydroxylation sites is 6. The Hall–Kier alpha value is -4.82. The summed E-state index contributed by atoms with van der Waals surface area (Å²) in [6.07, 6.45) is 0. The van der Waals surface area contributed by atoms with Crippen LogP contribution in [0.3, 0.4) is 0 Å². The van der Waals surface area contributed by atoms with E-state index in [4.69, 9.17) is 4.42 Å². The van der Waals surface area contributed by atoms with Gasteiger partial charge in [0.15, 0.2) is 11.5 Å². The van der Waals surface area contributed by atoms with Crippen LogP contribution < -0.4 is 0 Å². The zero-order valence-electron chi connectivity index (χ0n) is 37.2. The van der Waals surface area contributed by atoms with E-state index in [1.54, 1.807) is 11.3 Å². The Morgan fingerprint density at radius 3 is 1.57 bits per heavy atom. The van der Waals surface area contributed by atoms with Crippen LogP contribution in [-0.2, 0) is 0 Å². The van der Waals surface area contributed by atoms with Gasteiger partial charge in [-0.15, -0.1) is 11.3 Å². The van der Waals surface area contributed by atoms with Crippen LogP contribution in [0, 0.1) is 0 Å². The van der Waals surface area contributed by atoms with Crippen LogP contribution in [0.2, 0.25) is 0 Å². The summed E-state index contributed by atoms with van der Waals surface area (Å²) >= 11 is 1.79. The van der Waals surface area contributed by atoms with Gasteiger partial charge in [0, 0.05) is 28.8 Å². The number of H-pyrrole nitrogens is 2. The number of fused-ring (bicyclic) bond motifs is 4. The molecule has 8 rings (SSSR count). The Bertz CT molecular complexity index is 1890. The van der Waals surface area contributed by atoms with Crippen molar-refractivity contribution in [3.8, 4) is 0 Å². The van der Waals surface area contributed by atoms with Crippen LogP contribution in [0.4, 0.5) is 0 Å². The minimum Gasteiger partial charge on any atom is -0.440 e. The molecule has 4 aromatic carbocycles. The van der Waals surface area contributed by atoms with Crippen molar-refractivity contribution in [2.75, 3.05) is 0 Å². The SMILES string of the molecule is CC.CC.CC.CC.CC(C)c1[nH]nc2ccccc12.CC(C)c1nc2ccccc2[nH]1.CC(C)c1nc2ccccc2o1.CC(C)c1nc2ccccc2s1. The predicted octanol–water partition coefficient (Wildman–Crippen LogP) is 15.8. The second kappa shape index (κ2) is 26.9. The number of thiazole rings is 1. The summed E-state index contributed by atoms with van der Waals surface area (Å²) in [5.74, 6) is 3.77. The van der Waals surface area contributed by atoms with Crippen molar-refractivity contribution in [1.29, 1.82) is 0 Å². The van der Waals surface area contributed by atoms with E-state index in [2.05, 4.69) is 110 Å². The highest BCUT2D eigenvalue weighted by atomic mass is 32.1. The molecule has 0 spiro atoms. The van der Waals surface area contributed by atoms with Crippen LogP contribution in [0.25, 0.3) is 43.3 Å². The Morgan fingerprint density at radius 2 is 1.04 bits per heavy atom. The second-order valence-electron chi connectivity index (χ2n) is 13.0. The molecule has 4 aromatic heterocycles. The zero-order valence-corrected chi connectivity index (χ0v) is 38.0. The summed E-state index contributed by atoms with van der Waals surface area (Å²) in [6, 6.07) is 32.4. The molecule has 0 bridgehead atoms. The fourth-order valence-electron chi connectivity index (χ4n) is 4.94. The van der Waals surface area contributed by atoms with Gasteiger partial charge in [-0.25, -0.2) is 15.0 Å². The molecule has 0 amide bonds. The number of rotatable bonds is 4. The van der Waals surface area contributed by atoms with E-state index in [9.17, 15) is 0 Å². The van der Waals surface area contributed by atoms with Crippen molar-refractivity contribution in [1.82, 2.24) is 30.1 Å². The highest BCUT2D eigenvalue weighted by Crippen LogP contribution is 2.27. The first-order chi connectivity index (χ1) is 27.1. The van der Waals surface area contributed by atoms with Crippen LogP contribution >= 0.6 is 11.3 Å². The third-order valence-corrected chi connectivity index (χ3v) is 8.97. The molecule has 2 N–H and O–H groups in total. The predicted molar refractivity (Wildman–Crippen MR) is 248 cm³/mol. The van der Waals surface area contributed by atoms with E-state index in [-0.39, 0.29) is 0 Å². The van der Waals surface area contributed by atoms with E-state index < -0.39 is 0 Å². The summed E-state index contributed by atoms with van der Waals surface area (Å²) in [4.78, 5) is 16.6. The molecule has 0 saturated heterocycles. The maximum atomic E-state index is 5.52. The molecule has 56 heavy (non-hydrogen) atoms. The van der Waals surface area contributed by atoms with Crippen molar-refractivity contribution in [3.05, 3.63) is 119 Å². The number of hydrogen-bond acceptors (Lipinski definition) is 6. The lowest BCUT2D eigenvalue weighted by Gasteiger charge is -1.99. The molecule has 4 heterocycles. The maximum absolute atomic E-state index is 5.52. The smallest absolute Gasteiger partial charge is 0.198 e. The van der Waals surface area contributed by atoms with Gasteiger partial charge in [-0.3, -0.25) is 5.10 Å². The molecule has 0 radical (unpaired) electrons. The molecule has 0 aliphatic carbocycles. The average molecular weight is 779 g/mol.